The predicted octanol–water partition coefficient (Wildman–Crippen LogP) is 0.752. The molecule has 0 spiro atoms. The van der Waals surface area contributed by atoms with Gasteiger partial charge in [0.1, 0.15) is 6.10 Å². The molecule has 2 fully saturated rings. The molecule has 3 atom stereocenters. The van der Waals surface area contributed by atoms with E-state index in [0.717, 1.165) is 6.61 Å². The standard InChI is InChI=1S/C7H9IO3/c8-5-3-10-2-4-1-6(9)11-7(4)5/h4-5,7H,1-3H2/t4?,5-,7-/m0/s1. The van der Waals surface area contributed by atoms with Gasteiger partial charge in [0.15, 0.2) is 0 Å². The third-order valence-corrected chi connectivity index (χ3v) is 3.19. The van der Waals surface area contributed by atoms with Gasteiger partial charge in [0.25, 0.3) is 0 Å². The quantitative estimate of drug-likeness (QED) is 0.369. The van der Waals surface area contributed by atoms with Crippen LogP contribution in [-0.2, 0) is 14.3 Å². The van der Waals surface area contributed by atoms with Gasteiger partial charge in [-0.1, -0.05) is 22.6 Å². The van der Waals surface area contributed by atoms with Crippen molar-refractivity contribution in [1.82, 2.24) is 0 Å². The van der Waals surface area contributed by atoms with Gasteiger partial charge in [0.05, 0.1) is 23.6 Å². The predicted molar refractivity (Wildman–Crippen MR) is 46.6 cm³/mol. The molecule has 0 aromatic carbocycles. The summed E-state index contributed by atoms with van der Waals surface area (Å²) in [7, 11) is 0. The number of hydrogen-bond acceptors (Lipinski definition) is 3. The van der Waals surface area contributed by atoms with E-state index in [1.54, 1.807) is 0 Å². The number of carbonyl (C=O) groups is 1. The largest absolute Gasteiger partial charge is 0.461 e. The van der Waals surface area contributed by atoms with Crippen LogP contribution in [0.1, 0.15) is 6.42 Å². The van der Waals surface area contributed by atoms with Crippen molar-refractivity contribution < 1.29 is 14.3 Å². The molecule has 0 aromatic heterocycles. The number of alkyl halides is 1. The molecule has 0 amide bonds. The molecule has 1 unspecified atom stereocenters. The third kappa shape index (κ3) is 1.38. The first-order valence-electron chi connectivity index (χ1n) is 3.68. The van der Waals surface area contributed by atoms with Gasteiger partial charge in [0.2, 0.25) is 0 Å². The lowest BCUT2D eigenvalue weighted by molar-refractivity contribution is -0.142. The van der Waals surface area contributed by atoms with Crippen LogP contribution in [0.15, 0.2) is 0 Å². The number of ether oxygens (including phenoxy) is 2. The summed E-state index contributed by atoms with van der Waals surface area (Å²) in [5.41, 5.74) is 0. The van der Waals surface area contributed by atoms with Gasteiger partial charge >= 0.3 is 5.97 Å². The molecule has 0 bridgehead atoms. The average molecular weight is 268 g/mol. The van der Waals surface area contributed by atoms with E-state index in [1.165, 1.54) is 0 Å². The van der Waals surface area contributed by atoms with Gasteiger partial charge in [-0.05, 0) is 0 Å². The highest BCUT2D eigenvalue weighted by atomic mass is 127. The highest BCUT2D eigenvalue weighted by Crippen LogP contribution is 2.32. The Bertz CT molecular complexity index is 183. The van der Waals surface area contributed by atoms with Crippen molar-refractivity contribution >= 4 is 28.6 Å². The third-order valence-electron chi connectivity index (χ3n) is 2.13. The van der Waals surface area contributed by atoms with Gasteiger partial charge in [-0.15, -0.1) is 0 Å². The lowest BCUT2D eigenvalue weighted by Crippen LogP contribution is -2.38. The topological polar surface area (TPSA) is 35.5 Å². The lowest BCUT2D eigenvalue weighted by Gasteiger charge is -2.27. The molecule has 0 aromatic rings. The van der Waals surface area contributed by atoms with Crippen molar-refractivity contribution in [1.29, 1.82) is 0 Å². The summed E-state index contributed by atoms with van der Waals surface area (Å²) in [4.78, 5) is 10.9. The van der Waals surface area contributed by atoms with Gasteiger partial charge in [-0.2, -0.15) is 0 Å². The summed E-state index contributed by atoms with van der Waals surface area (Å²) in [6.07, 6.45) is 0.668. The van der Waals surface area contributed by atoms with Crippen LogP contribution < -0.4 is 0 Å². The fourth-order valence-electron chi connectivity index (χ4n) is 1.58. The zero-order chi connectivity index (χ0) is 7.84. The Kier molecular flexibility index (Phi) is 2.05. The molecule has 2 aliphatic heterocycles. The van der Waals surface area contributed by atoms with Crippen LogP contribution in [0.5, 0.6) is 0 Å². The van der Waals surface area contributed by atoms with Gasteiger partial charge in [0, 0.05) is 5.92 Å². The number of halogens is 1. The van der Waals surface area contributed by atoms with E-state index in [1.807, 2.05) is 0 Å². The molecule has 62 valence electrons. The summed E-state index contributed by atoms with van der Waals surface area (Å²) in [5.74, 6) is 0.255. The zero-order valence-corrected chi connectivity index (χ0v) is 8.11. The first kappa shape index (κ1) is 7.79. The Morgan fingerprint density at radius 3 is 3.00 bits per heavy atom. The Balaban J connectivity index is 2.09. The average Bonchev–Trinajstić information content (AvgIpc) is 2.31. The molecule has 2 rings (SSSR count). The van der Waals surface area contributed by atoms with E-state index in [2.05, 4.69) is 22.6 Å². The Morgan fingerprint density at radius 1 is 1.45 bits per heavy atom. The first-order chi connectivity index (χ1) is 5.27. The van der Waals surface area contributed by atoms with Crippen LogP contribution >= 0.6 is 22.6 Å². The summed E-state index contributed by atoms with van der Waals surface area (Å²) in [6, 6.07) is 0. The second-order valence-corrected chi connectivity index (χ2v) is 4.57. The highest BCUT2D eigenvalue weighted by molar-refractivity contribution is 14.1. The van der Waals surface area contributed by atoms with Crippen molar-refractivity contribution in [3.63, 3.8) is 0 Å². The molecular formula is C7H9IO3. The monoisotopic (exact) mass is 268 g/mol. The summed E-state index contributed by atoms with van der Waals surface area (Å²) >= 11 is 2.28. The number of fused-ring (bicyclic) bond motifs is 1. The number of rotatable bonds is 0. The second kappa shape index (κ2) is 2.90. The summed E-state index contributed by atoms with van der Waals surface area (Å²) < 4.78 is 10.8. The van der Waals surface area contributed by atoms with E-state index in [9.17, 15) is 4.79 Å². The fraction of sp³-hybridized carbons (Fsp3) is 0.857. The van der Waals surface area contributed by atoms with Crippen molar-refractivity contribution in [3.8, 4) is 0 Å². The minimum absolute atomic E-state index is 0.0628. The minimum Gasteiger partial charge on any atom is -0.461 e. The molecule has 0 saturated carbocycles. The van der Waals surface area contributed by atoms with Crippen LogP contribution in [0.4, 0.5) is 0 Å². The van der Waals surface area contributed by atoms with E-state index in [0.29, 0.717) is 22.9 Å². The molecule has 11 heavy (non-hydrogen) atoms. The zero-order valence-electron chi connectivity index (χ0n) is 5.96. The number of esters is 1. The van der Waals surface area contributed by atoms with E-state index in [-0.39, 0.29) is 12.1 Å². The molecule has 3 nitrogen and oxygen atoms in total. The van der Waals surface area contributed by atoms with Crippen LogP contribution in [0.2, 0.25) is 0 Å². The molecule has 0 aliphatic carbocycles. The summed E-state index contributed by atoms with van der Waals surface area (Å²) in [5, 5.41) is 0. The van der Waals surface area contributed by atoms with Crippen LogP contribution in [-0.4, -0.2) is 29.2 Å². The van der Waals surface area contributed by atoms with Crippen LogP contribution in [0.25, 0.3) is 0 Å². The normalized spacial score (nSPS) is 43.4. The van der Waals surface area contributed by atoms with E-state index >= 15 is 0 Å². The van der Waals surface area contributed by atoms with E-state index < -0.39 is 0 Å². The molecule has 2 saturated heterocycles. The molecule has 0 N–H and O–H groups in total. The summed E-state index contributed by atoms with van der Waals surface area (Å²) in [6.45, 7) is 1.41. The molecule has 4 heteroatoms. The van der Waals surface area contributed by atoms with Crippen molar-refractivity contribution in [2.45, 2.75) is 16.4 Å². The smallest absolute Gasteiger partial charge is 0.306 e. The van der Waals surface area contributed by atoms with Crippen molar-refractivity contribution in [2.75, 3.05) is 13.2 Å². The maximum Gasteiger partial charge on any atom is 0.306 e. The number of carbonyl (C=O) groups excluding carboxylic acids is 1. The Morgan fingerprint density at radius 2 is 2.27 bits per heavy atom. The lowest BCUT2D eigenvalue weighted by atomic mass is 9.98. The Hall–Kier alpha value is 0.160. The van der Waals surface area contributed by atoms with Gasteiger partial charge in [-0.3, -0.25) is 4.79 Å². The maximum atomic E-state index is 10.9. The van der Waals surface area contributed by atoms with Gasteiger partial charge in [-0.25, -0.2) is 0 Å². The van der Waals surface area contributed by atoms with Crippen LogP contribution in [0, 0.1) is 5.92 Å². The number of hydrogen-bond donors (Lipinski definition) is 0. The molecule has 2 heterocycles. The van der Waals surface area contributed by atoms with Gasteiger partial charge < -0.3 is 9.47 Å². The minimum atomic E-state index is -0.0628. The van der Waals surface area contributed by atoms with Crippen LogP contribution in [0.3, 0.4) is 0 Å². The molecule has 0 radical (unpaired) electrons. The first-order valence-corrected chi connectivity index (χ1v) is 4.93. The fourth-order valence-corrected chi connectivity index (χ4v) is 2.56. The van der Waals surface area contributed by atoms with Crippen molar-refractivity contribution in [2.24, 2.45) is 5.92 Å². The Labute approximate surface area is 78.6 Å². The maximum absolute atomic E-state index is 10.9. The SMILES string of the molecule is O=C1CC2COC[C@H](I)[C@H]2O1. The highest BCUT2D eigenvalue weighted by Gasteiger charge is 2.41. The molecular weight excluding hydrogens is 259 g/mol. The van der Waals surface area contributed by atoms with E-state index in [4.69, 9.17) is 9.47 Å². The van der Waals surface area contributed by atoms with Crippen molar-refractivity contribution in [3.05, 3.63) is 0 Å². The molecule has 2 aliphatic rings. The second-order valence-electron chi connectivity index (χ2n) is 2.97.